The molecule has 3 aliphatic carbocycles. The third-order valence-corrected chi connectivity index (χ3v) is 5.79. The summed E-state index contributed by atoms with van der Waals surface area (Å²) in [6.07, 6.45) is 6.32. The standard InChI is InChI=1S/C18H23N3O2/c1-17(2)7-13-11(14(22)8-17)9-19-16(20-13)21-15(23)12-6-18(12,3)10-4-5-10/h9-10,12H,4-8H2,1-3H3,(H,19,20,21,23). The first kappa shape index (κ1) is 14.8. The molecule has 0 aromatic carbocycles. The Balaban J connectivity index is 1.50. The number of carbonyl (C=O) groups excluding carboxylic acids is 2. The smallest absolute Gasteiger partial charge is 0.230 e. The second kappa shape index (κ2) is 4.62. The van der Waals surface area contributed by atoms with Crippen molar-refractivity contribution in [2.75, 3.05) is 5.32 Å². The molecule has 0 spiro atoms. The number of anilines is 1. The molecule has 4 rings (SSSR count). The van der Waals surface area contributed by atoms with Gasteiger partial charge < -0.3 is 0 Å². The maximum Gasteiger partial charge on any atom is 0.230 e. The molecular weight excluding hydrogens is 290 g/mol. The highest BCUT2D eigenvalue weighted by molar-refractivity contribution is 5.99. The van der Waals surface area contributed by atoms with Gasteiger partial charge in [0.05, 0.1) is 11.3 Å². The summed E-state index contributed by atoms with van der Waals surface area (Å²) in [6.45, 7) is 6.35. The number of aromatic nitrogens is 2. The van der Waals surface area contributed by atoms with Crippen LogP contribution in [-0.2, 0) is 11.2 Å². The van der Waals surface area contributed by atoms with E-state index in [1.165, 1.54) is 12.8 Å². The summed E-state index contributed by atoms with van der Waals surface area (Å²) >= 11 is 0. The number of amides is 1. The second-order valence-corrected chi connectivity index (χ2v) is 8.52. The van der Waals surface area contributed by atoms with E-state index in [4.69, 9.17) is 0 Å². The number of hydrogen-bond donors (Lipinski definition) is 1. The fourth-order valence-electron chi connectivity index (χ4n) is 4.06. The van der Waals surface area contributed by atoms with Crippen LogP contribution >= 0.6 is 0 Å². The van der Waals surface area contributed by atoms with E-state index < -0.39 is 0 Å². The van der Waals surface area contributed by atoms with Crippen molar-refractivity contribution in [3.8, 4) is 0 Å². The van der Waals surface area contributed by atoms with Crippen LogP contribution in [-0.4, -0.2) is 21.7 Å². The van der Waals surface area contributed by atoms with E-state index in [2.05, 4.69) is 36.1 Å². The zero-order valence-electron chi connectivity index (χ0n) is 14.0. The van der Waals surface area contributed by atoms with Crippen LogP contribution in [0.1, 0.15) is 62.5 Å². The van der Waals surface area contributed by atoms with Gasteiger partial charge in [-0.25, -0.2) is 9.97 Å². The molecule has 0 aliphatic heterocycles. The van der Waals surface area contributed by atoms with Crippen LogP contribution in [0.3, 0.4) is 0 Å². The lowest BCUT2D eigenvalue weighted by atomic mass is 9.76. The van der Waals surface area contributed by atoms with Crippen molar-refractivity contribution in [1.29, 1.82) is 0 Å². The van der Waals surface area contributed by atoms with Crippen LogP contribution in [0.2, 0.25) is 0 Å². The van der Waals surface area contributed by atoms with Gasteiger partial charge in [-0.15, -0.1) is 0 Å². The van der Waals surface area contributed by atoms with Crippen LogP contribution in [0.5, 0.6) is 0 Å². The predicted molar refractivity (Wildman–Crippen MR) is 86.0 cm³/mol. The van der Waals surface area contributed by atoms with Gasteiger partial charge in [-0.3, -0.25) is 14.9 Å². The molecule has 1 amide bonds. The number of Topliss-reactive ketones (excluding diaryl/α,β-unsaturated/α-hetero) is 1. The second-order valence-electron chi connectivity index (χ2n) is 8.52. The number of nitrogens with zero attached hydrogens (tertiary/aromatic N) is 2. The summed E-state index contributed by atoms with van der Waals surface area (Å²) in [4.78, 5) is 33.2. The van der Waals surface area contributed by atoms with E-state index in [9.17, 15) is 9.59 Å². The average molecular weight is 313 g/mol. The van der Waals surface area contributed by atoms with E-state index in [1.807, 2.05) is 0 Å². The minimum atomic E-state index is -0.0826. The number of fused-ring (bicyclic) bond motifs is 1. The number of nitrogens with one attached hydrogen (secondary N) is 1. The van der Waals surface area contributed by atoms with Gasteiger partial charge in [-0.05, 0) is 42.4 Å². The lowest BCUT2D eigenvalue weighted by molar-refractivity contribution is -0.118. The molecule has 2 atom stereocenters. The normalized spacial score (nSPS) is 31.4. The Bertz CT molecular complexity index is 708. The monoisotopic (exact) mass is 313 g/mol. The topological polar surface area (TPSA) is 72.0 Å². The number of ketones is 1. The molecule has 5 heteroatoms. The van der Waals surface area contributed by atoms with Crippen molar-refractivity contribution in [3.63, 3.8) is 0 Å². The van der Waals surface area contributed by atoms with E-state index >= 15 is 0 Å². The minimum absolute atomic E-state index is 0.0285. The zero-order chi connectivity index (χ0) is 16.4. The molecule has 2 unspecified atom stereocenters. The van der Waals surface area contributed by atoms with Crippen LogP contribution in [0.15, 0.2) is 6.20 Å². The van der Waals surface area contributed by atoms with Crippen molar-refractivity contribution < 1.29 is 9.59 Å². The van der Waals surface area contributed by atoms with E-state index in [-0.39, 0.29) is 28.4 Å². The Kier molecular flexibility index (Phi) is 2.97. The van der Waals surface area contributed by atoms with E-state index in [0.29, 0.717) is 17.9 Å². The quantitative estimate of drug-likeness (QED) is 0.931. The van der Waals surface area contributed by atoms with Gasteiger partial charge in [0.15, 0.2) is 5.78 Å². The predicted octanol–water partition coefficient (Wildman–Crippen LogP) is 3.01. The molecule has 0 bridgehead atoms. The van der Waals surface area contributed by atoms with Gasteiger partial charge in [0, 0.05) is 18.5 Å². The fraction of sp³-hybridized carbons (Fsp3) is 0.667. The Hall–Kier alpha value is -1.78. The summed E-state index contributed by atoms with van der Waals surface area (Å²) < 4.78 is 0. The van der Waals surface area contributed by atoms with Gasteiger partial charge >= 0.3 is 0 Å². The van der Waals surface area contributed by atoms with Crippen molar-refractivity contribution in [2.24, 2.45) is 22.7 Å². The molecule has 0 saturated heterocycles. The van der Waals surface area contributed by atoms with Gasteiger partial charge in [0.1, 0.15) is 0 Å². The van der Waals surface area contributed by atoms with Gasteiger partial charge in [0.2, 0.25) is 11.9 Å². The maximum absolute atomic E-state index is 12.4. The first-order valence-electron chi connectivity index (χ1n) is 8.48. The number of carbonyl (C=O) groups is 2. The third-order valence-electron chi connectivity index (χ3n) is 5.79. The first-order chi connectivity index (χ1) is 10.8. The summed E-state index contributed by atoms with van der Waals surface area (Å²) in [5, 5.41) is 2.86. The molecule has 1 heterocycles. The van der Waals surface area contributed by atoms with Crippen LogP contribution in [0.4, 0.5) is 5.95 Å². The van der Waals surface area contributed by atoms with Crippen LogP contribution in [0.25, 0.3) is 0 Å². The lowest BCUT2D eigenvalue weighted by Gasteiger charge is -2.29. The highest BCUT2D eigenvalue weighted by atomic mass is 16.2. The molecule has 2 fully saturated rings. The molecule has 1 aromatic rings. The molecule has 1 N–H and O–H groups in total. The molecule has 0 radical (unpaired) electrons. The van der Waals surface area contributed by atoms with Crippen LogP contribution in [0, 0.1) is 22.7 Å². The summed E-state index contributed by atoms with van der Waals surface area (Å²) in [7, 11) is 0. The highest BCUT2D eigenvalue weighted by Crippen LogP contribution is 2.65. The molecule has 1 aromatic heterocycles. The number of rotatable bonds is 3. The minimum Gasteiger partial charge on any atom is -0.294 e. The van der Waals surface area contributed by atoms with Gasteiger partial charge in [-0.1, -0.05) is 20.8 Å². The SMILES string of the molecule is CC1(C)CC(=O)c2cnc(NC(=O)C3CC3(C)C3CC3)nc2C1. The Morgan fingerprint density at radius 3 is 2.70 bits per heavy atom. The van der Waals surface area contributed by atoms with Crippen molar-refractivity contribution in [3.05, 3.63) is 17.5 Å². The Morgan fingerprint density at radius 1 is 1.26 bits per heavy atom. The molecule has 3 aliphatic rings. The van der Waals surface area contributed by atoms with Crippen molar-refractivity contribution >= 4 is 17.6 Å². The summed E-state index contributed by atoms with van der Waals surface area (Å²) in [5.41, 5.74) is 1.48. The highest BCUT2D eigenvalue weighted by Gasteiger charge is 2.61. The van der Waals surface area contributed by atoms with Gasteiger partial charge in [0.25, 0.3) is 0 Å². The van der Waals surface area contributed by atoms with Gasteiger partial charge in [-0.2, -0.15) is 0 Å². The largest absolute Gasteiger partial charge is 0.294 e. The molecule has 23 heavy (non-hydrogen) atoms. The number of hydrogen-bond acceptors (Lipinski definition) is 4. The fourth-order valence-corrected chi connectivity index (χ4v) is 4.06. The summed E-state index contributed by atoms with van der Waals surface area (Å²) in [5.74, 6) is 1.27. The van der Waals surface area contributed by atoms with Crippen molar-refractivity contribution in [2.45, 2.75) is 52.9 Å². The lowest BCUT2D eigenvalue weighted by Crippen LogP contribution is -2.29. The Morgan fingerprint density at radius 2 is 2.00 bits per heavy atom. The van der Waals surface area contributed by atoms with E-state index in [1.54, 1.807) is 6.20 Å². The average Bonchev–Trinajstić information content (AvgIpc) is 3.30. The molecule has 2 saturated carbocycles. The van der Waals surface area contributed by atoms with E-state index in [0.717, 1.165) is 24.5 Å². The zero-order valence-corrected chi connectivity index (χ0v) is 14.0. The Labute approximate surface area is 136 Å². The third kappa shape index (κ3) is 2.56. The molecule has 5 nitrogen and oxygen atoms in total. The van der Waals surface area contributed by atoms with Crippen molar-refractivity contribution in [1.82, 2.24) is 9.97 Å². The maximum atomic E-state index is 12.4. The summed E-state index contributed by atoms with van der Waals surface area (Å²) in [6, 6.07) is 0. The first-order valence-corrected chi connectivity index (χ1v) is 8.48. The molecule has 122 valence electrons. The molecular formula is C18H23N3O2. The van der Waals surface area contributed by atoms with Crippen LogP contribution < -0.4 is 5.32 Å².